The molecule has 0 atom stereocenters. The summed E-state index contributed by atoms with van der Waals surface area (Å²) in [6.07, 6.45) is 1.88. The van der Waals surface area contributed by atoms with Crippen LogP contribution in [0.3, 0.4) is 0 Å². The van der Waals surface area contributed by atoms with Crippen molar-refractivity contribution in [3.63, 3.8) is 0 Å². The molecule has 0 spiro atoms. The van der Waals surface area contributed by atoms with Gasteiger partial charge in [0.1, 0.15) is 5.58 Å². The fourth-order valence-corrected chi connectivity index (χ4v) is 6.90. The number of aromatic nitrogens is 4. The number of pyridine rings is 2. The summed E-state index contributed by atoms with van der Waals surface area (Å²) in [5.41, 5.74) is 13.3. The average Bonchev–Trinajstić information content (AvgIpc) is 3.72. The van der Waals surface area contributed by atoms with Gasteiger partial charge in [-0.3, -0.25) is 4.98 Å². The van der Waals surface area contributed by atoms with Crippen LogP contribution >= 0.6 is 0 Å². The third-order valence-corrected chi connectivity index (χ3v) is 9.62. The number of imidazole rings is 1. The van der Waals surface area contributed by atoms with Crippen molar-refractivity contribution >= 4 is 44.0 Å². The molecule has 0 aliphatic carbocycles. The predicted molar refractivity (Wildman–Crippen MR) is 214 cm³/mol. The number of furan rings is 1. The van der Waals surface area contributed by atoms with Crippen molar-refractivity contribution in [1.82, 2.24) is 19.5 Å². The molecule has 0 amide bonds. The maximum absolute atomic E-state index is 6.45. The Bertz CT molecular complexity index is 2630. The van der Waals surface area contributed by atoms with Gasteiger partial charge in [-0.15, -0.1) is 53.6 Å². The smallest absolute Gasteiger partial charge is 0.156 e. The summed E-state index contributed by atoms with van der Waals surface area (Å²) in [4.78, 5) is 14.8. The van der Waals surface area contributed by atoms with E-state index < -0.39 is 0 Å². The molecular weight excluding hydrogens is 829 g/mol. The molecule has 265 valence electrons. The fraction of sp³-hybridized carbons (Fsp3) is 0.170. The minimum atomic E-state index is 0. The zero-order valence-corrected chi connectivity index (χ0v) is 33.1. The normalized spacial score (nSPS) is 11.4. The van der Waals surface area contributed by atoms with Crippen LogP contribution in [0.5, 0.6) is 0 Å². The number of rotatable bonds is 5. The summed E-state index contributed by atoms with van der Waals surface area (Å²) in [5, 5.41) is 3.23. The maximum atomic E-state index is 6.45. The first-order valence-corrected chi connectivity index (χ1v) is 17.9. The average molecular weight is 869 g/mol. The van der Waals surface area contributed by atoms with Gasteiger partial charge in [-0.2, -0.15) is 0 Å². The Hall–Kier alpha value is -5.42. The van der Waals surface area contributed by atoms with E-state index in [0.717, 1.165) is 72.3 Å². The Morgan fingerprint density at radius 3 is 2.13 bits per heavy atom. The van der Waals surface area contributed by atoms with E-state index in [2.05, 4.69) is 117 Å². The van der Waals surface area contributed by atoms with Crippen molar-refractivity contribution in [3.8, 4) is 28.3 Å². The molecule has 0 N–H and O–H groups in total. The molecular formula is C47H40IrN4O-2. The van der Waals surface area contributed by atoms with Gasteiger partial charge >= 0.3 is 0 Å². The van der Waals surface area contributed by atoms with E-state index in [1.807, 2.05) is 67.7 Å². The molecule has 0 bridgehead atoms. The third-order valence-electron chi connectivity index (χ3n) is 9.62. The molecule has 4 aromatic heterocycles. The van der Waals surface area contributed by atoms with Crippen LogP contribution < -0.4 is 0 Å². The summed E-state index contributed by atoms with van der Waals surface area (Å²) >= 11 is 0. The number of para-hydroxylation sites is 3. The second kappa shape index (κ2) is 14.9. The Balaban J connectivity index is 0.000000245. The molecule has 5 aromatic carbocycles. The Morgan fingerprint density at radius 2 is 1.42 bits per heavy atom. The monoisotopic (exact) mass is 869 g/mol. The fourth-order valence-electron chi connectivity index (χ4n) is 6.90. The second-order valence-electron chi connectivity index (χ2n) is 14.1. The Labute approximate surface area is 324 Å². The van der Waals surface area contributed by atoms with Gasteiger partial charge in [-0.25, -0.2) is 4.98 Å². The Morgan fingerprint density at radius 1 is 0.679 bits per heavy atom. The Kier molecular flexibility index (Phi) is 10.1. The molecule has 9 aromatic rings. The summed E-state index contributed by atoms with van der Waals surface area (Å²) in [6, 6.07) is 46.1. The van der Waals surface area contributed by atoms with Gasteiger partial charge in [0.25, 0.3) is 0 Å². The third kappa shape index (κ3) is 6.81. The van der Waals surface area contributed by atoms with Crippen molar-refractivity contribution in [2.24, 2.45) is 0 Å². The van der Waals surface area contributed by atoms with Crippen molar-refractivity contribution in [2.75, 3.05) is 0 Å². The zero-order valence-electron chi connectivity index (χ0n) is 30.7. The summed E-state index contributed by atoms with van der Waals surface area (Å²) in [5.74, 6) is 1.43. The number of fused-ring (bicyclic) bond motifs is 5. The number of nitrogens with zero attached hydrogens (tertiary/aromatic N) is 4. The first-order chi connectivity index (χ1) is 25.3. The van der Waals surface area contributed by atoms with Gasteiger partial charge in [0, 0.05) is 42.8 Å². The van der Waals surface area contributed by atoms with E-state index in [9.17, 15) is 0 Å². The largest absolute Gasteiger partial charge is 0.501 e. The maximum Gasteiger partial charge on any atom is 0.156 e. The van der Waals surface area contributed by atoms with Gasteiger partial charge in [-0.05, 0) is 59.3 Å². The van der Waals surface area contributed by atoms with Gasteiger partial charge < -0.3 is 14.0 Å². The van der Waals surface area contributed by atoms with Crippen LogP contribution in [-0.2, 0) is 20.1 Å². The van der Waals surface area contributed by atoms with E-state index in [1.54, 1.807) is 0 Å². The molecule has 4 heterocycles. The van der Waals surface area contributed by atoms with Crippen LogP contribution in [0, 0.1) is 26.0 Å². The van der Waals surface area contributed by atoms with E-state index >= 15 is 0 Å². The van der Waals surface area contributed by atoms with E-state index in [-0.39, 0.29) is 20.1 Å². The molecule has 0 saturated heterocycles. The SMILES string of the molecule is CC(C)c1cccc(C(C)C)c1-n1c(-c2[c-]ccc3c2oc2ccccc23)nc2cc3ccccc3nc21.Cc1c[c-]c(-c2ccc(C)cn2)cc1.[Ir]. The molecule has 53 heavy (non-hydrogen) atoms. The minimum absolute atomic E-state index is 0. The van der Waals surface area contributed by atoms with Crippen LogP contribution in [0.15, 0.2) is 126 Å². The number of benzene rings is 5. The molecule has 0 saturated carbocycles. The van der Waals surface area contributed by atoms with Crippen LogP contribution in [0.1, 0.15) is 61.8 Å². The summed E-state index contributed by atoms with van der Waals surface area (Å²) < 4.78 is 8.71. The number of hydrogen-bond acceptors (Lipinski definition) is 4. The van der Waals surface area contributed by atoms with Crippen LogP contribution in [0.4, 0.5) is 0 Å². The molecule has 0 aliphatic heterocycles. The number of aryl methyl sites for hydroxylation is 2. The van der Waals surface area contributed by atoms with Crippen LogP contribution in [0.25, 0.3) is 72.3 Å². The topological polar surface area (TPSA) is 56.7 Å². The summed E-state index contributed by atoms with van der Waals surface area (Å²) in [6.45, 7) is 13.1. The first-order valence-electron chi connectivity index (χ1n) is 17.9. The summed E-state index contributed by atoms with van der Waals surface area (Å²) in [7, 11) is 0. The van der Waals surface area contributed by atoms with Gasteiger partial charge in [-0.1, -0.05) is 112 Å². The quantitative estimate of drug-likeness (QED) is 0.162. The van der Waals surface area contributed by atoms with Crippen LogP contribution in [0.2, 0.25) is 0 Å². The molecule has 6 heteroatoms. The van der Waals surface area contributed by atoms with E-state index in [4.69, 9.17) is 14.4 Å². The second-order valence-corrected chi connectivity index (χ2v) is 14.1. The van der Waals surface area contributed by atoms with Gasteiger partial charge in [0.15, 0.2) is 5.65 Å². The molecule has 9 rings (SSSR count). The van der Waals surface area contributed by atoms with Crippen molar-refractivity contribution in [1.29, 1.82) is 0 Å². The van der Waals surface area contributed by atoms with Crippen molar-refractivity contribution in [2.45, 2.75) is 53.4 Å². The first kappa shape index (κ1) is 36.0. The zero-order chi connectivity index (χ0) is 35.9. The van der Waals surface area contributed by atoms with Gasteiger partial charge in [0.2, 0.25) is 0 Å². The predicted octanol–water partition coefficient (Wildman–Crippen LogP) is 12.4. The molecule has 0 unspecified atom stereocenters. The van der Waals surface area contributed by atoms with E-state index in [0.29, 0.717) is 11.8 Å². The van der Waals surface area contributed by atoms with Crippen LogP contribution in [-0.4, -0.2) is 19.5 Å². The molecule has 5 nitrogen and oxygen atoms in total. The van der Waals surface area contributed by atoms with Crippen molar-refractivity contribution in [3.05, 3.63) is 156 Å². The van der Waals surface area contributed by atoms with Crippen molar-refractivity contribution < 1.29 is 24.5 Å². The van der Waals surface area contributed by atoms with E-state index in [1.165, 1.54) is 22.3 Å². The number of hydrogen-bond donors (Lipinski definition) is 0. The minimum Gasteiger partial charge on any atom is -0.501 e. The molecule has 1 radical (unpaired) electrons. The molecule has 0 fully saturated rings. The van der Waals surface area contributed by atoms with Gasteiger partial charge in [0.05, 0.1) is 22.4 Å². The standard InChI is InChI=1S/C34H28N3O.C13H12N.Ir/c1-20(2)23-13-9-14-24(21(3)4)31(23)37-33(36-29-19-22-11-5-7-17-28(22)35-34(29)37)27-16-10-15-26-25-12-6-8-18-30(25)38-32(26)27;1-10-3-6-12(7-4-10)13-8-5-11(2)9-14-13;/h5-15,17-21H,1-4H3;3-6,8-9H,1-2H3;/q2*-1;. The molecule has 0 aliphatic rings.